The van der Waals surface area contributed by atoms with Gasteiger partial charge >= 0.3 is 6.09 Å². The molecule has 5 nitrogen and oxygen atoms in total. The van der Waals surface area contributed by atoms with E-state index in [1.54, 1.807) is 6.08 Å². The second kappa shape index (κ2) is 15.8. The van der Waals surface area contributed by atoms with Gasteiger partial charge in [0.2, 0.25) is 0 Å². The molecule has 5 heteroatoms. The summed E-state index contributed by atoms with van der Waals surface area (Å²) in [6.45, 7) is 4.90. The largest absolute Gasteiger partial charge is 0.445 e. The summed E-state index contributed by atoms with van der Waals surface area (Å²) in [4.78, 5) is 13.0. The molecule has 0 fully saturated rings. The summed E-state index contributed by atoms with van der Waals surface area (Å²) >= 11 is 0. The number of carbonyl (C=O) groups is 1. The van der Waals surface area contributed by atoms with Crippen LogP contribution >= 0.6 is 0 Å². The minimum absolute atomic E-state index is 0.159. The third-order valence-corrected chi connectivity index (χ3v) is 6.27. The van der Waals surface area contributed by atoms with Crippen molar-refractivity contribution in [1.29, 1.82) is 0 Å². The second-order valence-corrected chi connectivity index (χ2v) is 9.26. The monoisotopic (exact) mass is 533 g/mol. The average molecular weight is 534 g/mol. The maximum atomic E-state index is 13.0. The Bertz CT molecular complexity index is 1310. The molecule has 0 aliphatic heterocycles. The van der Waals surface area contributed by atoms with Crippen LogP contribution in [0.2, 0.25) is 0 Å². The van der Waals surface area contributed by atoms with E-state index >= 15 is 0 Å². The van der Waals surface area contributed by atoms with E-state index in [1.807, 2.05) is 133 Å². The molecule has 0 unspecified atom stereocenters. The first-order valence-corrected chi connectivity index (χ1v) is 13.4. The maximum absolute atomic E-state index is 13.0. The van der Waals surface area contributed by atoms with E-state index in [-0.39, 0.29) is 6.61 Å². The van der Waals surface area contributed by atoms with Crippen LogP contribution in [0.5, 0.6) is 0 Å². The Morgan fingerprint density at radius 3 is 1.68 bits per heavy atom. The van der Waals surface area contributed by atoms with Gasteiger partial charge in [-0.3, -0.25) is 0 Å². The molecule has 0 aliphatic carbocycles. The van der Waals surface area contributed by atoms with Gasteiger partial charge in [0.05, 0.1) is 19.3 Å². The van der Waals surface area contributed by atoms with Crippen molar-refractivity contribution < 1.29 is 19.0 Å². The van der Waals surface area contributed by atoms with Crippen LogP contribution in [0, 0.1) is 0 Å². The summed E-state index contributed by atoms with van der Waals surface area (Å²) in [5, 5.41) is 3.01. The summed E-state index contributed by atoms with van der Waals surface area (Å²) in [6, 6.07) is 38.7. The average Bonchev–Trinajstić information content (AvgIpc) is 3.02. The molecule has 4 aromatic carbocycles. The summed E-state index contributed by atoms with van der Waals surface area (Å²) in [6.07, 6.45) is 3.93. The van der Waals surface area contributed by atoms with E-state index in [0.29, 0.717) is 13.2 Å². The van der Waals surface area contributed by atoms with Crippen LogP contribution in [-0.4, -0.2) is 24.3 Å². The van der Waals surface area contributed by atoms with Gasteiger partial charge in [0.15, 0.2) is 0 Å². The molecule has 204 valence electrons. The summed E-state index contributed by atoms with van der Waals surface area (Å²) in [7, 11) is 0. The van der Waals surface area contributed by atoms with E-state index in [2.05, 4.69) is 11.9 Å². The number of alkyl carbamates (subject to hydrolysis) is 1. The van der Waals surface area contributed by atoms with Gasteiger partial charge in [-0.05, 0) is 22.3 Å². The number of rotatable bonds is 14. The first-order valence-electron chi connectivity index (χ1n) is 13.4. The Hall–Kier alpha value is -4.45. The Morgan fingerprint density at radius 1 is 0.675 bits per heavy atom. The Balaban J connectivity index is 1.57. The normalized spacial score (nSPS) is 13.3. The molecule has 4 aromatic rings. The van der Waals surface area contributed by atoms with Crippen molar-refractivity contribution >= 4 is 12.2 Å². The molecule has 1 amide bonds. The van der Waals surface area contributed by atoms with Gasteiger partial charge in [0.1, 0.15) is 18.8 Å². The molecule has 40 heavy (non-hydrogen) atoms. The van der Waals surface area contributed by atoms with Crippen molar-refractivity contribution in [3.05, 3.63) is 162 Å². The second-order valence-electron chi connectivity index (χ2n) is 9.26. The van der Waals surface area contributed by atoms with Gasteiger partial charge in [-0.1, -0.05) is 140 Å². The smallest absolute Gasteiger partial charge is 0.408 e. The summed E-state index contributed by atoms with van der Waals surface area (Å²) in [5.74, 6) is 0. The zero-order valence-electron chi connectivity index (χ0n) is 22.5. The highest BCUT2D eigenvalue weighted by atomic mass is 16.6. The fourth-order valence-electron chi connectivity index (χ4n) is 4.15. The van der Waals surface area contributed by atoms with Crippen LogP contribution in [0.3, 0.4) is 0 Å². The summed E-state index contributed by atoms with van der Waals surface area (Å²) < 4.78 is 18.3. The fraction of sp³-hybridized carbons (Fsp3) is 0.171. The third-order valence-electron chi connectivity index (χ3n) is 6.27. The number of carbonyl (C=O) groups excluding carboxylic acids is 1. The summed E-state index contributed by atoms with van der Waals surface area (Å²) in [5.41, 5.74) is 3.94. The molecule has 0 bridgehead atoms. The van der Waals surface area contributed by atoms with Gasteiger partial charge in [0.25, 0.3) is 0 Å². The Morgan fingerprint density at radius 2 is 1.15 bits per heavy atom. The predicted molar refractivity (Wildman–Crippen MR) is 159 cm³/mol. The molecule has 3 atom stereocenters. The van der Waals surface area contributed by atoms with Crippen LogP contribution in [0.4, 0.5) is 4.79 Å². The van der Waals surface area contributed by atoms with Gasteiger partial charge < -0.3 is 19.5 Å². The van der Waals surface area contributed by atoms with Gasteiger partial charge in [-0.25, -0.2) is 4.79 Å². The van der Waals surface area contributed by atoms with Crippen molar-refractivity contribution in [2.75, 3.05) is 0 Å². The van der Waals surface area contributed by atoms with Crippen molar-refractivity contribution in [1.82, 2.24) is 5.32 Å². The van der Waals surface area contributed by atoms with Crippen molar-refractivity contribution in [2.45, 2.75) is 38.1 Å². The lowest BCUT2D eigenvalue weighted by molar-refractivity contribution is -0.0729. The first kappa shape index (κ1) is 28.6. The maximum Gasteiger partial charge on any atom is 0.408 e. The Kier molecular flexibility index (Phi) is 11.3. The van der Waals surface area contributed by atoms with Crippen LogP contribution < -0.4 is 5.32 Å². The van der Waals surface area contributed by atoms with E-state index in [0.717, 1.165) is 22.3 Å². The van der Waals surface area contributed by atoms with Gasteiger partial charge in [-0.15, -0.1) is 6.58 Å². The molecular formula is C35H35NO4. The number of benzene rings is 4. The first-order chi connectivity index (χ1) is 19.7. The molecule has 0 heterocycles. The highest BCUT2D eigenvalue weighted by Crippen LogP contribution is 2.18. The van der Waals surface area contributed by atoms with E-state index in [1.165, 1.54) is 0 Å². The number of ether oxygens (including phenoxy) is 3. The quantitative estimate of drug-likeness (QED) is 0.172. The van der Waals surface area contributed by atoms with Crippen LogP contribution in [0.15, 0.2) is 140 Å². The van der Waals surface area contributed by atoms with E-state index < -0.39 is 24.3 Å². The number of amides is 1. The molecule has 1 N–H and O–H groups in total. The van der Waals surface area contributed by atoms with Crippen molar-refractivity contribution in [3.63, 3.8) is 0 Å². The van der Waals surface area contributed by atoms with Crippen molar-refractivity contribution in [2.24, 2.45) is 0 Å². The topological polar surface area (TPSA) is 56.8 Å². The molecule has 0 aliphatic rings. The lowest BCUT2D eigenvalue weighted by Crippen LogP contribution is -2.49. The minimum Gasteiger partial charge on any atom is -0.445 e. The molecule has 4 rings (SSSR count). The predicted octanol–water partition coefficient (Wildman–Crippen LogP) is 7.35. The molecule has 0 spiro atoms. The van der Waals surface area contributed by atoms with Crippen molar-refractivity contribution in [3.8, 4) is 0 Å². The number of hydrogen-bond acceptors (Lipinski definition) is 4. The minimum atomic E-state index is -0.592. The molecule has 0 saturated heterocycles. The van der Waals surface area contributed by atoms with Crippen LogP contribution in [-0.2, 0) is 34.0 Å². The standard InChI is InChI=1S/C35H35NO4/c1-2-33(38-25-29-17-9-4-10-18-29)34(39-26-30-19-11-5-12-20-30)32(24-23-28-15-7-3-8-16-28)36-35(37)40-27-31-21-13-6-14-22-31/h2-24,32-34H,1,25-27H2,(H,36,37)/t32-,33+,34-/m0/s1. The third kappa shape index (κ3) is 9.38. The lowest BCUT2D eigenvalue weighted by Gasteiger charge is -2.31. The SMILES string of the molecule is C=C[C@@H](OCc1ccccc1)[C@@H](OCc1ccccc1)[C@H](C=Cc1ccccc1)NC(=O)OCc1ccccc1. The van der Waals surface area contributed by atoms with Crippen LogP contribution in [0.1, 0.15) is 22.3 Å². The van der Waals surface area contributed by atoms with Crippen LogP contribution in [0.25, 0.3) is 6.08 Å². The molecule has 0 aromatic heterocycles. The zero-order chi connectivity index (χ0) is 27.8. The molecular weight excluding hydrogens is 498 g/mol. The highest BCUT2D eigenvalue weighted by molar-refractivity contribution is 5.68. The zero-order valence-corrected chi connectivity index (χ0v) is 22.5. The van der Waals surface area contributed by atoms with E-state index in [4.69, 9.17) is 14.2 Å². The van der Waals surface area contributed by atoms with Gasteiger partial charge in [0, 0.05) is 0 Å². The van der Waals surface area contributed by atoms with E-state index in [9.17, 15) is 4.79 Å². The fourth-order valence-corrected chi connectivity index (χ4v) is 4.15. The highest BCUT2D eigenvalue weighted by Gasteiger charge is 2.30. The molecule has 0 radical (unpaired) electrons. The number of hydrogen-bond donors (Lipinski definition) is 1. The Labute approximate surface area is 236 Å². The number of nitrogens with one attached hydrogen (secondary N) is 1. The molecule has 0 saturated carbocycles. The lowest BCUT2D eigenvalue weighted by atomic mass is 10.0. The van der Waals surface area contributed by atoms with Gasteiger partial charge in [-0.2, -0.15) is 0 Å².